The van der Waals surface area contributed by atoms with E-state index in [1.54, 1.807) is 0 Å². The molecule has 25 heavy (non-hydrogen) atoms. The zero-order valence-electron chi connectivity index (χ0n) is 15.0. The lowest BCUT2D eigenvalue weighted by molar-refractivity contribution is -0.115. The molecule has 1 N–H and O–H groups in total. The van der Waals surface area contributed by atoms with Gasteiger partial charge in [-0.15, -0.1) is 10.2 Å². The summed E-state index contributed by atoms with van der Waals surface area (Å²) < 4.78 is 2.30. The van der Waals surface area contributed by atoms with Gasteiger partial charge in [-0.1, -0.05) is 23.9 Å². The smallest absolute Gasteiger partial charge is 0.237 e. The average Bonchev–Trinajstić information content (AvgIpc) is 3.50. The molecule has 5 nitrogen and oxygen atoms in total. The van der Waals surface area contributed by atoms with E-state index < -0.39 is 0 Å². The molecule has 1 amide bonds. The van der Waals surface area contributed by atoms with Crippen molar-refractivity contribution in [2.75, 3.05) is 5.32 Å². The molecule has 0 bridgehead atoms. The van der Waals surface area contributed by atoms with Crippen molar-refractivity contribution in [1.82, 2.24) is 14.8 Å². The quantitative estimate of drug-likeness (QED) is 0.787. The van der Waals surface area contributed by atoms with Gasteiger partial charge in [-0.25, -0.2) is 0 Å². The fraction of sp³-hybridized carbons (Fsp3) is 0.526. The molecular weight excluding hydrogens is 332 g/mol. The molecule has 0 aliphatic heterocycles. The maximum absolute atomic E-state index is 12.6. The fourth-order valence-corrected chi connectivity index (χ4v) is 3.91. The Bertz CT molecular complexity index is 808. The molecule has 0 saturated heterocycles. The van der Waals surface area contributed by atoms with Crippen LogP contribution in [0.5, 0.6) is 0 Å². The van der Waals surface area contributed by atoms with Gasteiger partial charge in [0.25, 0.3) is 0 Å². The molecule has 2 saturated carbocycles. The van der Waals surface area contributed by atoms with Crippen LogP contribution in [-0.4, -0.2) is 25.9 Å². The molecule has 132 valence electrons. The molecule has 1 aromatic heterocycles. The Hall–Kier alpha value is -1.82. The lowest BCUT2D eigenvalue weighted by Gasteiger charge is -2.14. The number of rotatable bonds is 6. The predicted octanol–water partition coefficient (Wildman–Crippen LogP) is 4.23. The highest BCUT2D eigenvalue weighted by atomic mass is 32.2. The molecule has 2 fully saturated rings. The third-order valence-electron chi connectivity index (χ3n) is 4.85. The Balaban J connectivity index is 1.47. The maximum atomic E-state index is 12.6. The van der Waals surface area contributed by atoms with Crippen LogP contribution in [0.25, 0.3) is 0 Å². The normalized spacial score (nSPS) is 18.2. The van der Waals surface area contributed by atoms with Gasteiger partial charge in [-0.3, -0.25) is 4.79 Å². The summed E-state index contributed by atoms with van der Waals surface area (Å²) in [6, 6.07) is 6.65. The number of carbonyl (C=O) groups excluding carboxylic acids is 1. The number of aryl methyl sites for hydroxylation is 2. The summed E-state index contributed by atoms with van der Waals surface area (Å²) in [5, 5.41) is 12.6. The van der Waals surface area contributed by atoms with E-state index >= 15 is 0 Å². The van der Waals surface area contributed by atoms with Crippen LogP contribution in [0.15, 0.2) is 23.4 Å². The van der Waals surface area contributed by atoms with E-state index in [-0.39, 0.29) is 11.2 Å². The highest BCUT2D eigenvalue weighted by Gasteiger charge is 2.37. The van der Waals surface area contributed by atoms with Crippen molar-refractivity contribution < 1.29 is 4.79 Å². The molecule has 2 aliphatic carbocycles. The highest BCUT2D eigenvalue weighted by Crippen LogP contribution is 2.46. The van der Waals surface area contributed by atoms with Crippen molar-refractivity contribution >= 4 is 23.4 Å². The number of anilines is 1. The lowest BCUT2D eigenvalue weighted by atomic mass is 10.1. The molecule has 6 heteroatoms. The number of thioether (sulfide) groups is 1. The van der Waals surface area contributed by atoms with E-state index in [1.165, 1.54) is 37.4 Å². The minimum Gasteiger partial charge on any atom is -0.325 e. The number of nitrogens with zero attached hydrogens (tertiary/aromatic N) is 3. The van der Waals surface area contributed by atoms with Crippen LogP contribution < -0.4 is 5.32 Å². The Morgan fingerprint density at radius 3 is 2.68 bits per heavy atom. The number of aromatic nitrogens is 3. The van der Waals surface area contributed by atoms with Gasteiger partial charge in [0.05, 0.1) is 5.25 Å². The fourth-order valence-electron chi connectivity index (χ4n) is 2.98. The number of nitrogens with one attached hydrogen (secondary N) is 1. The lowest BCUT2D eigenvalue weighted by Crippen LogP contribution is -2.23. The Morgan fingerprint density at radius 1 is 1.24 bits per heavy atom. The predicted molar refractivity (Wildman–Crippen MR) is 100 cm³/mol. The first-order chi connectivity index (χ1) is 12.0. The summed E-state index contributed by atoms with van der Waals surface area (Å²) in [7, 11) is 0. The molecule has 1 atom stereocenters. The van der Waals surface area contributed by atoms with E-state index in [1.807, 2.05) is 32.9 Å². The van der Waals surface area contributed by atoms with Gasteiger partial charge in [-0.2, -0.15) is 0 Å². The van der Waals surface area contributed by atoms with Crippen molar-refractivity contribution in [1.29, 1.82) is 0 Å². The minimum absolute atomic E-state index is 0.0111. The van der Waals surface area contributed by atoms with Crippen LogP contribution in [0, 0.1) is 13.8 Å². The molecule has 0 spiro atoms. The molecular formula is C19H24N4OS. The number of carbonyl (C=O) groups is 1. The van der Waals surface area contributed by atoms with Gasteiger partial charge in [-0.05, 0) is 63.6 Å². The van der Waals surface area contributed by atoms with E-state index in [2.05, 4.69) is 26.1 Å². The first-order valence-electron chi connectivity index (χ1n) is 9.02. The largest absolute Gasteiger partial charge is 0.325 e. The first kappa shape index (κ1) is 16.6. The van der Waals surface area contributed by atoms with Gasteiger partial charge in [0.1, 0.15) is 5.82 Å². The van der Waals surface area contributed by atoms with Gasteiger partial charge in [0.15, 0.2) is 5.16 Å². The van der Waals surface area contributed by atoms with Crippen molar-refractivity contribution in [3.63, 3.8) is 0 Å². The van der Waals surface area contributed by atoms with Crippen LogP contribution in [0.1, 0.15) is 61.5 Å². The van der Waals surface area contributed by atoms with Gasteiger partial charge in [0.2, 0.25) is 5.91 Å². The Morgan fingerprint density at radius 2 is 2.00 bits per heavy atom. The highest BCUT2D eigenvalue weighted by molar-refractivity contribution is 8.00. The second kappa shape index (κ2) is 6.48. The molecule has 1 aromatic carbocycles. The second-order valence-corrected chi connectivity index (χ2v) is 8.59. The first-order valence-corrected chi connectivity index (χ1v) is 9.90. The third kappa shape index (κ3) is 3.59. The SMILES string of the molecule is Cc1ccc(C)c(NC(=O)[C@H](C)Sc2nnc(C3CC3)n2C2CC2)c1. The summed E-state index contributed by atoms with van der Waals surface area (Å²) in [6.45, 7) is 5.98. The van der Waals surface area contributed by atoms with Crippen LogP contribution in [0.4, 0.5) is 5.69 Å². The van der Waals surface area contributed by atoms with Crippen molar-refractivity contribution in [2.24, 2.45) is 0 Å². The van der Waals surface area contributed by atoms with Crippen LogP contribution in [0.3, 0.4) is 0 Å². The van der Waals surface area contributed by atoms with Crippen LogP contribution >= 0.6 is 11.8 Å². The Labute approximate surface area is 152 Å². The third-order valence-corrected chi connectivity index (χ3v) is 5.90. The monoisotopic (exact) mass is 356 g/mol. The van der Waals surface area contributed by atoms with Crippen molar-refractivity contribution in [2.45, 2.75) is 68.8 Å². The van der Waals surface area contributed by atoms with E-state index in [9.17, 15) is 4.79 Å². The molecule has 4 rings (SSSR count). The van der Waals surface area contributed by atoms with Crippen LogP contribution in [0.2, 0.25) is 0 Å². The maximum Gasteiger partial charge on any atom is 0.237 e. The molecule has 2 aliphatic rings. The summed E-state index contributed by atoms with van der Waals surface area (Å²) in [5.41, 5.74) is 3.11. The Kier molecular flexibility index (Phi) is 4.31. The second-order valence-electron chi connectivity index (χ2n) is 7.28. The summed E-state index contributed by atoms with van der Waals surface area (Å²) >= 11 is 1.52. The average molecular weight is 356 g/mol. The van der Waals surface area contributed by atoms with Crippen molar-refractivity contribution in [3.05, 3.63) is 35.2 Å². The number of amides is 1. The zero-order valence-corrected chi connectivity index (χ0v) is 15.8. The standard InChI is InChI=1S/C19H24N4OS/c1-11-4-5-12(2)16(10-11)20-18(24)13(3)25-19-22-21-17(14-6-7-14)23(19)15-8-9-15/h4-5,10,13-15H,6-9H2,1-3H3,(H,20,24)/t13-/m0/s1. The van der Waals surface area contributed by atoms with E-state index in [0.29, 0.717) is 12.0 Å². The molecule has 0 unspecified atom stereocenters. The number of hydrogen-bond donors (Lipinski definition) is 1. The van der Waals surface area contributed by atoms with Crippen LogP contribution in [-0.2, 0) is 4.79 Å². The topological polar surface area (TPSA) is 59.8 Å². The summed E-state index contributed by atoms with van der Waals surface area (Å²) in [5.74, 6) is 1.73. The molecule has 1 heterocycles. The zero-order chi connectivity index (χ0) is 17.6. The molecule has 0 radical (unpaired) electrons. The summed E-state index contributed by atoms with van der Waals surface area (Å²) in [4.78, 5) is 12.6. The van der Waals surface area contributed by atoms with E-state index in [0.717, 1.165) is 27.8 Å². The number of benzene rings is 1. The van der Waals surface area contributed by atoms with Crippen molar-refractivity contribution in [3.8, 4) is 0 Å². The minimum atomic E-state index is -0.214. The van der Waals surface area contributed by atoms with E-state index in [4.69, 9.17) is 0 Å². The van der Waals surface area contributed by atoms with Gasteiger partial charge < -0.3 is 9.88 Å². The van der Waals surface area contributed by atoms with Gasteiger partial charge >= 0.3 is 0 Å². The number of hydrogen-bond acceptors (Lipinski definition) is 4. The molecule has 2 aromatic rings. The van der Waals surface area contributed by atoms with Gasteiger partial charge in [0, 0.05) is 17.6 Å². The summed E-state index contributed by atoms with van der Waals surface area (Å²) in [6.07, 6.45) is 4.85.